The van der Waals surface area contributed by atoms with E-state index in [1.807, 2.05) is 42.5 Å². The first-order valence-corrected chi connectivity index (χ1v) is 7.14. The van der Waals surface area contributed by atoms with Crippen LogP contribution < -0.4 is 4.74 Å². The fourth-order valence-corrected chi connectivity index (χ4v) is 3.09. The van der Waals surface area contributed by atoms with Gasteiger partial charge in [0.2, 0.25) is 0 Å². The first-order chi connectivity index (χ1) is 8.72. The van der Waals surface area contributed by atoms with Crippen molar-refractivity contribution >= 4 is 34.4 Å². The molecular formula is C14H10INOS. The molecule has 2 aromatic rings. The molecule has 2 rings (SSSR count). The largest absolute Gasteiger partial charge is 0.497 e. The van der Waals surface area contributed by atoms with E-state index in [0.717, 1.165) is 19.1 Å². The summed E-state index contributed by atoms with van der Waals surface area (Å²) in [6, 6.07) is 15.8. The van der Waals surface area contributed by atoms with E-state index < -0.39 is 0 Å². The lowest BCUT2D eigenvalue weighted by atomic mass is 10.2. The number of nitriles is 1. The van der Waals surface area contributed by atoms with Crippen LogP contribution in [0.15, 0.2) is 52.3 Å². The lowest BCUT2D eigenvalue weighted by Gasteiger charge is -2.05. The van der Waals surface area contributed by atoms with Gasteiger partial charge in [-0.1, -0.05) is 11.8 Å². The quantitative estimate of drug-likeness (QED) is 0.758. The van der Waals surface area contributed by atoms with Gasteiger partial charge in [-0.2, -0.15) is 5.26 Å². The van der Waals surface area contributed by atoms with Gasteiger partial charge in [-0.25, -0.2) is 0 Å². The summed E-state index contributed by atoms with van der Waals surface area (Å²) in [6.45, 7) is 0. The van der Waals surface area contributed by atoms with Gasteiger partial charge in [0.15, 0.2) is 0 Å². The third-order valence-corrected chi connectivity index (χ3v) is 4.69. The van der Waals surface area contributed by atoms with Crippen LogP contribution in [0.1, 0.15) is 5.56 Å². The average molecular weight is 367 g/mol. The van der Waals surface area contributed by atoms with Crippen LogP contribution in [0.3, 0.4) is 0 Å². The molecule has 0 heterocycles. The van der Waals surface area contributed by atoms with Gasteiger partial charge in [-0.05, 0) is 65.1 Å². The summed E-state index contributed by atoms with van der Waals surface area (Å²) in [6.07, 6.45) is 0. The normalized spacial score (nSPS) is 9.83. The Hall–Kier alpha value is -1.19. The first-order valence-electron chi connectivity index (χ1n) is 5.24. The Morgan fingerprint density at radius 3 is 2.44 bits per heavy atom. The summed E-state index contributed by atoms with van der Waals surface area (Å²) < 4.78 is 6.22. The van der Waals surface area contributed by atoms with Gasteiger partial charge in [0.25, 0.3) is 0 Å². The SMILES string of the molecule is COc1ccc(Sc2ccc(C#N)cc2I)cc1. The molecule has 0 N–H and O–H groups in total. The molecule has 0 radical (unpaired) electrons. The first kappa shape index (κ1) is 13.2. The van der Waals surface area contributed by atoms with E-state index in [-0.39, 0.29) is 0 Å². The number of benzene rings is 2. The highest BCUT2D eigenvalue weighted by atomic mass is 127. The summed E-state index contributed by atoms with van der Waals surface area (Å²) >= 11 is 3.93. The number of halogens is 1. The fourth-order valence-electron chi connectivity index (χ4n) is 1.42. The summed E-state index contributed by atoms with van der Waals surface area (Å²) in [4.78, 5) is 2.30. The highest BCUT2D eigenvalue weighted by molar-refractivity contribution is 14.1. The van der Waals surface area contributed by atoms with Gasteiger partial charge >= 0.3 is 0 Å². The van der Waals surface area contributed by atoms with Crippen LogP contribution in [0.2, 0.25) is 0 Å². The molecular weight excluding hydrogens is 357 g/mol. The van der Waals surface area contributed by atoms with Crippen LogP contribution in [0.25, 0.3) is 0 Å². The molecule has 4 heteroatoms. The Labute approximate surface area is 124 Å². The molecule has 0 saturated heterocycles. The highest BCUT2D eigenvalue weighted by Crippen LogP contribution is 2.32. The number of nitrogens with zero attached hydrogens (tertiary/aromatic N) is 1. The van der Waals surface area contributed by atoms with Gasteiger partial charge in [-0.15, -0.1) is 0 Å². The molecule has 0 unspecified atom stereocenters. The molecule has 90 valence electrons. The summed E-state index contributed by atoms with van der Waals surface area (Å²) in [7, 11) is 1.66. The van der Waals surface area contributed by atoms with Crippen LogP contribution in [0, 0.1) is 14.9 Å². The van der Waals surface area contributed by atoms with E-state index in [0.29, 0.717) is 5.56 Å². The Morgan fingerprint density at radius 1 is 1.17 bits per heavy atom. The molecule has 0 saturated carbocycles. The second-order valence-electron chi connectivity index (χ2n) is 3.53. The van der Waals surface area contributed by atoms with Crippen molar-refractivity contribution in [3.63, 3.8) is 0 Å². The molecule has 0 fully saturated rings. The Bertz CT molecular complexity index is 590. The predicted molar refractivity (Wildman–Crippen MR) is 81.0 cm³/mol. The van der Waals surface area contributed by atoms with Gasteiger partial charge < -0.3 is 4.74 Å². The van der Waals surface area contributed by atoms with Crippen LogP contribution in [-0.4, -0.2) is 7.11 Å². The lowest BCUT2D eigenvalue weighted by molar-refractivity contribution is 0.414. The van der Waals surface area contributed by atoms with Crippen molar-refractivity contribution in [1.29, 1.82) is 5.26 Å². The molecule has 0 aliphatic carbocycles. The maximum absolute atomic E-state index is 8.83. The van der Waals surface area contributed by atoms with Crippen molar-refractivity contribution in [3.8, 4) is 11.8 Å². The zero-order valence-corrected chi connectivity index (χ0v) is 12.7. The van der Waals surface area contributed by atoms with Crippen LogP contribution in [0.5, 0.6) is 5.75 Å². The van der Waals surface area contributed by atoms with Crippen molar-refractivity contribution in [1.82, 2.24) is 0 Å². The Morgan fingerprint density at radius 2 is 1.89 bits per heavy atom. The van der Waals surface area contributed by atoms with E-state index in [4.69, 9.17) is 10.00 Å². The van der Waals surface area contributed by atoms with Gasteiger partial charge in [0, 0.05) is 13.4 Å². The maximum Gasteiger partial charge on any atom is 0.118 e. The third-order valence-electron chi connectivity index (χ3n) is 2.35. The van der Waals surface area contributed by atoms with E-state index in [1.165, 1.54) is 0 Å². The highest BCUT2D eigenvalue weighted by Gasteiger charge is 2.04. The predicted octanol–water partition coefficient (Wildman–Crippen LogP) is 4.32. The minimum absolute atomic E-state index is 0.693. The molecule has 0 amide bonds. The molecule has 18 heavy (non-hydrogen) atoms. The van der Waals surface area contributed by atoms with Crippen molar-refractivity contribution in [3.05, 3.63) is 51.6 Å². The molecule has 2 nitrogen and oxygen atoms in total. The second-order valence-corrected chi connectivity index (χ2v) is 5.81. The van der Waals surface area contributed by atoms with Crippen molar-refractivity contribution in [2.24, 2.45) is 0 Å². The van der Waals surface area contributed by atoms with Gasteiger partial charge in [-0.3, -0.25) is 0 Å². The minimum Gasteiger partial charge on any atom is -0.497 e. The second kappa shape index (κ2) is 6.12. The number of hydrogen-bond donors (Lipinski definition) is 0. The zero-order valence-electron chi connectivity index (χ0n) is 9.68. The molecule has 0 aromatic heterocycles. The van der Waals surface area contributed by atoms with Crippen LogP contribution in [0.4, 0.5) is 0 Å². The number of hydrogen-bond acceptors (Lipinski definition) is 3. The van der Waals surface area contributed by atoms with Crippen molar-refractivity contribution in [2.75, 3.05) is 7.11 Å². The Balaban J connectivity index is 2.20. The summed E-state index contributed by atoms with van der Waals surface area (Å²) in [5.74, 6) is 0.855. The molecule has 0 aliphatic rings. The smallest absolute Gasteiger partial charge is 0.118 e. The van der Waals surface area contributed by atoms with E-state index in [9.17, 15) is 0 Å². The minimum atomic E-state index is 0.693. The Kier molecular flexibility index (Phi) is 4.50. The standard InChI is InChI=1S/C14H10INOS/c1-17-11-3-5-12(6-4-11)18-14-7-2-10(9-16)8-13(14)15/h2-8H,1H3. The average Bonchev–Trinajstić information content (AvgIpc) is 2.42. The van der Waals surface area contributed by atoms with E-state index in [1.54, 1.807) is 18.9 Å². The zero-order chi connectivity index (χ0) is 13.0. The third kappa shape index (κ3) is 3.18. The monoisotopic (exact) mass is 367 g/mol. The lowest BCUT2D eigenvalue weighted by Crippen LogP contribution is -1.83. The van der Waals surface area contributed by atoms with Crippen molar-refractivity contribution < 1.29 is 4.74 Å². The molecule has 0 spiro atoms. The number of ether oxygens (including phenoxy) is 1. The van der Waals surface area contributed by atoms with E-state index in [2.05, 4.69) is 28.7 Å². The summed E-state index contributed by atoms with van der Waals surface area (Å²) in [5, 5.41) is 8.83. The van der Waals surface area contributed by atoms with Gasteiger partial charge in [0.1, 0.15) is 5.75 Å². The molecule has 2 aromatic carbocycles. The topological polar surface area (TPSA) is 33.0 Å². The van der Waals surface area contributed by atoms with E-state index >= 15 is 0 Å². The molecule has 0 bridgehead atoms. The fraction of sp³-hybridized carbons (Fsp3) is 0.0714. The number of methoxy groups -OCH3 is 1. The molecule has 0 atom stereocenters. The van der Waals surface area contributed by atoms with Crippen LogP contribution >= 0.6 is 34.4 Å². The van der Waals surface area contributed by atoms with Gasteiger partial charge in [0.05, 0.1) is 18.7 Å². The molecule has 0 aliphatic heterocycles. The van der Waals surface area contributed by atoms with Crippen molar-refractivity contribution in [2.45, 2.75) is 9.79 Å². The maximum atomic E-state index is 8.83. The number of rotatable bonds is 3. The van der Waals surface area contributed by atoms with Crippen LogP contribution in [-0.2, 0) is 0 Å². The summed E-state index contributed by atoms with van der Waals surface area (Å²) in [5.41, 5.74) is 0.693.